The number of nitrogens with one attached hydrogen (secondary N) is 1. The van der Waals surface area contributed by atoms with E-state index in [0.717, 1.165) is 11.1 Å². The first-order valence-electron chi connectivity index (χ1n) is 11.8. The molecule has 11 nitrogen and oxygen atoms in total. The monoisotopic (exact) mass is 515 g/mol. The second kappa shape index (κ2) is 10.3. The largest absolute Gasteiger partial charge is 0.493 e. The van der Waals surface area contributed by atoms with Gasteiger partial charge in [-0.05, 0) is 35.4 Å². The van der Waals surface area contributed by atoms with Crippen molar-refractivity contribution in [2.45, 2.75) is 12.0 Å². The van der Waals surface area contributed by atoms with E-state index in [2.05, 4.69) is 5.32 Å². The summed E-state index contributed by atoms with van der Waals surface area (Å²) in [5.41, 5.74) is 2.23. The van der Waals surface area contributed by atoms with Crippen LogP contribution in [0.25, 0.3) is 0 Å². The third-order valence-corrected chi connectivity index (χ3v) is 6.97. The second-order valence-corrected chi connectivity index (χ2v) is 8.84. The molecule has 1 saturated heterocycles. The molecule has 0 bridgehead atoms. The fraction of sp³-hybridized carbons (Fsp3) is 0.462. The van der Waals surface area contributed by atoms with Gasteiger partial charge in [-0.3, -0.25) is 4.79 Å². The molecule has 0 unspecified atom stereocenters. The summed E-state index contributed by atoms with van der Waals surface area (Å²) in [4.78, 5) is 25.8. The van der Waals surface area contributed by atoms with Crippen molar-refractivity contribution < 1.29 is 47.5 Å². The average molecular weight is 516 g/mol. The molecule has 2 aliphatic heterocycles. The highest BCUT2D eigenvalue weighted by Gasteiger charge is 2.54. The van der Waals surface area contributed by atoms with Crippen LogP contribution in [0.5, 0.6) is 28.7 Å². The van der Waals surface area contributed by atoms with Gasteiger partial charge >= 0.3 is 12.1 Å². The summed E-state index contributed by atoms with van der Waals surface area (Å²) < 4.78 is 44.3. The number of carbonyl (C=O) groups excluding carboxylic acids is 2. The van der Waals surface area contributed by atoms with Crippen LogP contribution in [0, 0.1) is 11.8 Å². The highest BCUT2D eigenvalue weighted by Crippen LogP contribution is 2.56. The predicted molar refractivity (Wildman–Crippen MR) is 128 cm³/mol. The van der Waals surface area contributed by atoms with Crippen molar-refractivity contribution in [2.75, 3.05) is 55.0 Å². The molecule has 3 aliphatic rings. The molecule has 37 heavy (non-hydrogen) atoms. The Bertz CT molecular complexity index is 1170. The molecule has 1 aliphatic carbocycles. The van der Waals surface area contributed by atoms with Gasteiger partial charge in [0.05, 0.1) is 40.5 Å². The fourth-order valence-electron chi connectivity index (χ4n) is 5.36. The summed E-state index contributed by atoms with van der Waals surface area (Å²) in [7, 11) is 6.14. The topological polar surface area (TPSA) is 120 Å². The van der Waals surface area contributed by atoms with Gasteiger partial charge in [0.1, 0.15) is 6.10 Å². The van der Waals surface area contributed by atoms with Crippen LogP contribution in [0.1, 0.15) is 28.7 Å². The third-order valence-electron chi connectivity index (χ3n) is 6.97. The Morgan fingerprint density at radius 1 is 0.946 bits per heavy atom. The molecule has 198 valence electrons. The number of cyclic esters (lactones) is 1. The number of benzene rings is 2. The smallest absolute Gasteiger partial charge is 0.407 e. The van der Waals surface area contributed by atoms with Crippen LogP contribution >= 0.6 is 0 Å². The van der Waals surface area contributed by atoms with Crippen LogP contribution < -0.4 is 29.0 Å². The zero-order valence-corrected chi connectivity index (χ0v) is 21.0. The summed E-state index contributed by atoms with van der Waals surface area (Å²) in [6.07, 6.45) is -1.36. The maximum atomic E-state index is 13.2. The molecule has 2 heterocycles. The third kappa shape index (κ3) is 4.33. The molecule has 1 N–H and O–H groups in total. The highest BCUT2D eigenvalue weighted by molar-refractivity contribution is 5.79. The zero-order chi connectivity index (χ0) is 26.1. The van der Waals surface area contributed by atoms with Crippen LogP contribution in [-0.4, -0.2) is 67.1 Å². The second-order valence-electron chi connectivity index (χ2n) is 8.84. The minimum Gasteiger partial charge on any atom is -0.493 e. The van der Waals surface area contributed by atoms with E-state index in [9.17, 15) is 9.59 Å². The number of hydrogen-bond donors (Lipinski definition) is 1. The van der Waals surface area contributed by atoms with Crippen molar-refractivity contribution in [1.29, 1.82) is 0 Å². The predicted octanol–water partition coefficient (Wildman–Crippen LogP) is 2.79. The van der Waals surface area contributed by atoms with Gasteiger partial charge < -0.3 is 43.2 Å². The molecule has 2 aromatic rings. The Morgan fingerprint density at radius 3 is 2.24 bits per heavy atom. The van der Waals surface area contributed by atoms with Crippen LogP contribution in [0.2, 0.25) is 0 Å². The Kier molecular flexibility index (Phi) is 6.88. The molecule has 0 aromatic heterocycles. The summed E-state index contributed by atoms with van der Waals surface area (Å²) >= 11 is 0. The van der Waals surface area contributed by atoms with E-state index in [4.69, 9.17) is 37.9 Å². The molecule has 0 saturated carbocycles. The number of fused-ring (bicyclic) bond motifs is 3. The quantitative estimate of drug-likeness (QED) is 0.415. The average Bonchev–Trinajstić information content (AvgIpc) is 3.53. The van der Waals surface area contributed by atoms with E-state index >= 15 is 0 Å². The van der Waals surface area contributed by atoms with Gasteiger partial charge in [-0.15, -0.1) is 0 Å². The highest BCUT2D eigenvalue weighted by atomic mass is 16.7. The number of carbonyl (C=O) groups is 2. The van der Waals surface area contributed by atoms with Crippen LogP contribution in [0.15, 0.2) is 24.3 Å². The van der Waals surface area contributed by atoms with Gasteiger partial charge in [0, 0.05) is 31.1 Å². The summed E-state index contributed by atoms with van der Waals surface area (Å²) in [5.74, 6) is 0.537. The number of ether oxygens (including phenoxy) is 8. The molecule has 0 spiro atoms. The van der Waals surface area contributed by atoms with E-state index in [1.54, 1.807) is 7.11 Å². The summed E-state index contributed by atoms with van der Waals surface area (Å²) in [6.45, 7) is 0.804. The molecular formula is C26H29NO10. The number of hydrogen-bond acceptors (Lipinski definition) is 10. The van der Waals surface area contributed by atoms with Crippen molar-refractivity contribution in [2.24, 2.45) is 11.8 Å². The molecule has 4 atom stereocenters. The molecule has 0 radical (unpaired) electrons. The maximum Gasteiger partial charge on any atom is 0.407 e. The Morgan fingerprint density at radius 2 is 1.62 bits per heavy atom. The van der Waals surface area contributed by atoms with E-state index in [0.29, 0.717) is 40.9 Å². The van der Waals surface area contributed by atoms with Gasteiger partial charge in [-0.1, -0.05) is 0 Å². The van der Waals surface area contributed by atoms with E-state index in [1.165, 1.54) is 21.3 Å². The lowest BCUT2D eigenvalue weighted by Gasteiger charge is -2.38. The summed E-state index contributed by atoms with van der Waals surface area (Å²) in [5, 5.41) is 2.68. The van der Waals surface area contributed by atoms with Crippen LogP contribution in [0.4, 0.5) is 4.79 Å². The van der Waals surface area contributed by atoms with Crippen molar-refractivity contribution in [3.8, 4) is 28.7 Å². The van der Waals surface area contributed by atoms with Gasteiger partial charge in [0.15, 0.2) is 23.0 Å². The minimum atomic E-state index is -0.748. The maximum absolute atomic E-state index is 13.2. The Hall–Kier alpha value is -3.86. The fourth-order valence-corrected chi connectivity index (χ4v) is 5.36. The number of methoxy groups -OCH3 is 4. The Labute approximate surface area is 213 Å². The number of esters is 1. The SMILES string of the molecule is COCCNC(=O)O[C@@H]1c2cc3c(cc2[C@@H](c2cc(OC)c(OC)c(OC)c2)[C@H]2C(=O)OC[C@@H]21)OCO3. The van der Waals surface area contributed by atoms with Crippen LogP contribution in [-0.2, 0) is 19.0 Å². The molecule has 5 rings (SSSR count). The molecule has 11 heteroatoms. The molecule has 1 amide bonds. The van der Waals surface area contributed by atoms with Gasteiger partial charge in [-0.25, -0.2) is 4.79 Å². The number of amides is 1. The first-order valence-corrected chi connectivity index (χ1v) is 11.8. The van der Waals surface area contributed by atoms with Crippen molar-refractivity contribution in [1.82, 2.24) is 5.32 Å². The van der Waals surface area contributed by atoms with Gasteiger partial charge in [-0.2, -0.15) is 0 Å². The molecule has 2 aromatic carbocycles. The lowest BCUT2D eigenvalue weighted by atomic mass is 9.66. The zero-order valence-electron chi connectivity index (χ0n) is 21.0. The van der Waals surface area contributed by atoms with E-state index < -0.39 is 30.0 Å². The molecule has 1 fully saturated rings. The van der Waals surface area contributed by atoms with Crippen molar-refractivity contribution in [3.05, 3.63) is 41.0 Å². The number of alkyl carbamates (subject to hydrolysis) is 1. The molecular weight excluding hydrogens is 486 g/mol. The van der Waals surface area contributed by atoms with Gasteiger partial charge in [0.2, 0.25) is 12.5 Å². The minimum absolute atomic E-state index is 0.0744. The van der Waals surface area contributed by atoms with Crippen LogP contribution in [0.3, 0.4) is 0 Å². The van der Waals surface area contributed by atoms with E-state index in [-0.39, 0.29) is 25.9 Å². The normalized spacial score (nSPS) is 23.0. The lowest BCUT2D eigenvalue weighted by Crippen LogP contribution is -2.38. The van der Waals surface area contributed by atoms with Gasteiger partial charge in [0.25, 0.3) is 0 Å². The first-order chi connectivity index (χ1) is 18.0. The first kappa shape index (κ1) is 24.8. The lowest BCUT2D eigenvalue weighted by molar-refractivity contribution is -0.141. The van der Waals surface area contributed by atoms with Crippen molar-refractivity contribution in [3.63, 3.8) is 0 Å². The summed E-state index contributed by atoms with van der Waals surface area (Å²) in [6, 6.07) is 7.30. The number of rotatable bonds is 8. The standard InChI is InChI=1S/C26H29NO10/c1-30-6-5-27-26(29)37-23-15-10-18-17(35-12-36-18)9-14(15)21(22-16(23)11-34-25(22)28)13-7-19(31-2)24(33-4)20(8-13)32-3/h7-10,16,21-23H,5-6,11-12H2,1-4H3,(H,27,29)/t16-,21+,22-,23+/m0/s1. The van der Waals surface area contributed by atoms with E-state index in [1.807, 2.05) is 24.3 Å². The Balaban J connectivity index is 1.64. The van der Waals surface area contributed by atoms with Crippen molar-refractivity contribution >= 4 is 12.1 Å².